The van der Waals surface area contributed by atoms with Crippen LogP contribution < -0.4 is 4.74 Å². The van der Waals surface area contributed by atoms with Gasteiger partial charge in [-0.2, -0.15) is 18.9 Å². The van der Waals surface area contributed by atoms with E-state index >= 15 is 0 Å². The van der Waals surface area contributed by atoms with Crippen LogP contribution in [0, 0.1) is 11.9 Å². The minimum atomic E-state index is -1.08. The van der Waals surface area contributed by atoms with Crippen molar-refractivity contribution in [3.63, 3.8) is 0 Å². The molecule has 0 N–H and O–H groups in total. The van der Waals surface area contributed by atoms with E-state index in [2.05, 4.69) is 14.7 Å². The Hall–Kier alpha value is -2.45. The number of halogens is 2. The molecule has 3 heterocycles. The van der Waals surface area contributed by atoms with Gasteiger partial charge in [-0.3, -0.25) is 0 Å². The van der Waals surface area contributed by atoms with Crippen molar-refractivity contribution in [1.82, 2.24) is 14.8 Å². The summed E-state index contributed by atoms with van der Waals surface area (Å²) in [5, 5.41) is 4.17. The smallest absolute Gasteiger partial charge is 0.378 e. The molecule has 2 radical (unpaired) electrons. The summed E-state index contributed by atoms with van der Waals surface area (Å²) in [7, 11) is 4.93. The number of aromatic nitrogens is 3. The Morgan fingerprint density at radius 2 is 2.18 bits per heavy atom. The third kappa shape index (κ3) is 2.42. The molecule has 2 aromatic heterocycles. The van der Waals surface area contributed by atoms with Crippen LogP contribution in [0.3, 0.4) is 0 Å². The van der Waals surface area contributed by atoms with Crippen molar-refractivity contribution in [3.8, 4) is 17.1 Å². The molecule has 0 saturated carbocycles. The summed E-state index contributed by atoms with van der Waals surface area (Å²) in [4.78, 5) is 15.0. The lowest BCUT2D eigenvalue weighted by molar-refractivity contribution is 0.0745. The fourth-order valence-corrected chi connectivity index (χ4v) is 2.30. The number of nitrogens with zero attached hydrogens (tertiary/aromatic N) is 3. The molecule has 0 amide bonds. The zero-order valence-corrected chi connectivity index (χ0v) is 11.4. The Morgan fingerprint density at radius 1 is 1.36 bits per heavy atom. The van der Waals surface area contributed by atoms with Gasteiger partial charge in [-0.25, -0.2) is 9.48 Å². The maximum absolute atomic E-state index is 13.9. The Kier molecular flexibility index (Phi) is 3.78. The molecule has 0 spiro atoms. The van der Waals surface area contributed by atoms with Crippen LogP contribution in [0.5, 0.6) is 5.88 Å². The van der Waals surface area contributed by atoms with Gasteiger partial charge in [0.2, 0.25) is 17.8 Å². The summed E-state index contributed by atoms with van der Waals surface area (Å²) in [6.45, 7) is 0.885. The molecule has 22 heavy (non-hydrogen) atoms. The number of aryl methyl sites for hydroxylation is 1. The van der Waals surface area contributed by atoms with E-state index in [9.17, 15) is 13.6 Å². The second-order valence-electron chi connectivity index (χ2n) is 4.69. The number of ether oxygens (including phenoxy) is 1. The minimum absolute atomic E-state index is 0.0441. The van der Waals surface area contributed by atoms with Crippen molar-refractivity contribution < 1.29 is 23.0 Å². The first-order valence-corrected chi connectivity index (χ1v) is 6.59. The van der Waals surface area contributed by atoms with Gasteiger partial charge in [-0.1, -0.05) is 0 Å². The standard InChI is InChI=1S/C13H10BF2N3O3/c14-22-13(20)9-10(7-3-4-8(15)17-11(7)16)18-19-5-1-2-6-21-12(9)19/h3-4H,1-2,5-6H2. The lowest BCUT2D eigenvalue weighted by atomic mass is 10.1. The van der Waals surface area contributed by atoms with E-state index in [-0.39, 0.29) is 22.7 Å². The Morgan fingerprint density at radius 3 is 2.91 bits per heavy atom. The van der Waals surface area contributed by atoms with Gasteiger partial charge in [0.05, 0.1) is 12.2 Å². The quantitative estimate of drug-likeness (QED) is 0.623. The number of fused-ring (bicyclic) bond motifs is 1. The first kappa shape index (κ1) is 14.5. The van der Waals surface area contributed by atoms with E-state index in [0.717, 1.165) is 25.0 Å². The van der Waals surface area contributed by atoms with Crippen molar-refractivity contribution in [2.45, 2.75) is 19.4 Å². The molecule has 0 bridgehead atoms. The highest BCUT2D eigenvalue weighted by molar-refractivity contribution is 6.12. The van der Waals surface area contributed by atoms with E-state index in [0.29, 0.717) is 13.2 Å². The second kappa shape index (κ2) is 5.74. The fraction of sp³-hybridized carbons (Fsp3) is 0.308. The highest BCUT2D eigenvalue weighted by Crippen LogP contribution is 2.33. The first-order valence-electron chi connectivity index (χ1n) is 6.59. The van der Waals surface area contributed by atoms with Gasteiger partial charge < -0.3 is 9.39 Å². The minimum Gasteiger partial charge on any atom is -0.540 e. The predicted molar refractivity (Wildman–Crippen MR) is 71.3 cm³/mol. The summed E-state index contributed by atoms with van der Waals surface area (Å²) >= 11 is 0. The lowest BCUT2D eigenvalue weighted by Gasteiger charge is -2.06. The monoisotopic (exact) mass is 305 g/mol. The Labute approximate surface area is 125 Å². The summed E-state index contributed by atoms with van der Waals surface area (Å²) in [6, 6.07) is 2.12. The van der Waals surface area contributed by atoms with Gasteiger partial charge >= 0.3 is 14.0 Å². The van der Waals surface area contributed by atoms with Crippen LogP contribution in [0.1, 0.15) is 23.2 Å². The molecule has 0 aliphatic carbocycles. The molecule has 0 aromatic carbocycles. The first-order chi connectivity index (χ1) is 10.6. The summed E-state index contributed by atoms with van der Waals surface area (Å²) in [5.74, 6) is -2.81. The van der Waals surface area contributed by atoms with Gasteiger partial charge in [0.25, 0.3) is 0 Å². The van der Waals surface area contributed by atoms with Gasteiger partial charge in [0.1, 0.15) is 11.3 Å². The molecular formula is C13H10BF2N3O3. The zero-order chi connectivity index (χ0) is 15.7. The SMILES string of the molecule is [B]OC(=O)c1c(-c2ccc(F)nc2F)nn2c1OCCCC2. The van der Waals surface area contributed by atoms with Crippen molar-refractivity contribution in [1.29, 1.82) is 0 Å². The van der Waals surface area contributed by atoms with Crippen molar-refractivity contribution >= 4 is 14.0 Å². The van der Waals surface area contributed by atoms with Gasteiger partial charge in [-0.05, 0) is 25.0 Å². The Balaban J connectivity index is 2.20. The number of pyridine rings is 1. The van der Waals surface area contributed by atoms with Crippen molar-refractivity contribution in [3.05, 3.63) is 29.6 Å². The average molecular weight is 305 g/mol. The molecule has 9 heteroatoms. The van der Waals surface area contributed by atoms with Crippen molar-refractivity contribution in [2.75, 3.05) is 6.61 Å². The van der Waals surface area contributed by atoms with Crippen molar-refractivity contribution in [2.24, 2.45) is 0 Å². The van der Waals surface area contributed by atoms with Crippen LogP contribution in [0.2, 0.25) is 0 Å². The van der Waals surface area contributed by atoms with Crippen LogP contribution in [0.15, 0.2) is 12.1 Å². The van der Waals surface area contributed by atoms with E-state index in [1.807, 2.05) is 0 Å². The highest BCUT2D eigenvalue weighted by atomic mass is 19.1. The molecule has 6 nitrogen and oxygen atoms in total. The number of carbonyl (C=O) groups is 1. The van der Waals surface area contributed by atoms with E-state index in [1.165, 1.54) is 4.68 Å². The van der Waals surface area contributed by atoms with Gasteiger partial charge in [-0.15, -0.1) is 0 Å². The third-order valence-electron chi connectivity index (χ3n) is 3.29. The predicted octanol–water partition coefficient (Wildman–Crippen LogP) is 1.64. The molecule has 0 saturated heterocycles. The van der Waals surface area contributed by atoms with Crippen LogP contribution in [0.25, 0.3) is 11.3 Å². The molecule has 0 fully saturated rings. The molecule has 1 aliphatic rings. The largest absolute Gasteiger partial charge is 0.540 e. The summed E-state index contributed by atoms with van der Waals surface area (Å²) in [5.41, 5.74) is -0.278. The number of hydrogen-bond donors (Lipinski definition) is 0. The number of rotatable bonds is 2. The molecule has 0 unspecified atom stereocenters. The van der Waals surface area contributed by atoms with Crippen LogP contribution in [-0.4, -0.2) is 35.4 Å². The maximum Gasteiger partial charge on any atom is 0.378 e. The van der Waals surface area contributed by atoms with E-state index in [4.69, 9.17) is 12.8 Å². The van der Waals surface area contributed by atoms with E-state index < -0.39 is 17.9 Å². The summed E-state index contributed by atoms with van der Waals surface area (Å²) < 4.78 is 38.0. The van der Waals surface area contributed by atoms with Crippen LogP contribution in [-0.2, 0) is 11.2 Å². The number of hydrogen-bond acceptors (Lipinski definition) is 5. The zero-order valence-electron chi connectivity index (χ0n) is 11.4. The topological polar surface area (TPSA) is 66.2 Å². The Bertz CT molecular complexity index is 736. The third-order valence-corrected chi connectivity index (χ3v) is 3.29. The molecule has 0 atom stereocenters. The van der Waals surface area contributed by atoms with E-state index in [1.54, 1.807) is 0 Å². The van der Waals surface area contributed by atoms with Crippen LogP contribution in [0.4, 0.5) is 8.78 Å². The van der Waals surface area contributed by atoms with Gasteiger partial charge in [0, 0.05) is 6.54 Å². The second-order valence-corrected chi connectivity index (χ2v) is 4.69. The fourth-order valence-electron chi connectivity index (χ4n) is 2.30. The van der Waals surface area contributed by atoms with Gasteiger partial charge in [0.15, 0.2) is 0 Å². The molecule has 1 aliphatic heterocycles. The van der Waals surface area contributed by atoms with Crippen LogP contribution >= 0.6 is 0 Å². The maximum atomic E-state index is 13.9. The lowest BCUT2D eigenvalue weighted by Crippen LogP contribution is -2.08. The average Bonchev–Trinajstić information content (AvgIpc) is 2.69. The normalized spacial score (nSPS) is 13.9. The molecule has 112 valence electrons. The molecular weight excluding hydrogens is 295 g/mol. The summed E-state index contributed by atoms with van der Waals surface area (Å²) in [6.07, 6.45) is 1.58. The highest BCUT2D eigenvalue weighted by Gasteiger charge is 2.29. The number of carbonyl (C=O) groups excluding carboxylic acids is 1. The molecule has 3 rings (SSSR count). The molecule has 2 aromatic rings.